The molecule has 1 N–H and O–H groups in total. The van der Waals surface area contributed by atoms with E-state index < -0.39 is 6.55 Å². The number of hydrogen-bond donors (Lipinski definition) is 1. The van der Waals surface area contributed by atoms with Gasteiger partial charge in [0.25, 0.3) is 0 Å². The lowest BCUT2D eigenvalue weighted by atomic mass is 9.77. The van der Waals surface area contributed by atoms with Crippen LogP contribution in [0.2, 0.25) is 0 Å². The molecule has 1 amide bonds. The number of nitrogens with one attached hydrogen (secondary N) is 1. The van der Waals surface area contributed by atoms with Crippen LogP contribution in [-0.4, -0.2) is 30.6 Å². The molecule has 1 aliphatic carbocycles. The third-order valence-electron chi connectivity index (χ3n) is 6.52. The summed E-state index contributed by atoms with van der Waals surface area (Å²) in [5.41, 5.74) is 5.61. The summed E-state index contributed by atoms with van der Waals surface area (Å²) in [5.74, 6) is 0.480. The van der Waals surface area contributed by atoms with E-state index in [4.69, 9.17) is 0 Å². The predicted molar refractivity (Wildman–Crippen MR) is 114 cm³/mol. The molecule has 162 valence electrons. The number of anilines is 1. The second-order valence-electron chi connectivity index (χ2n) is 8.53. The molecule has 4 heterocycles. The van der Waals surface area contributed by atoms with E-state index in [0.717, 1.165) is 40.7 Å². The maximum Gasteiger partial charge on any atom is 0.333 e. The second kappa shape index (κ2) is 6.94. The van der Waals surface area contributed by atoms with Crippen molar-refractivity contribution in [2.24, 2.45) is 11.8 Å². The lowest BCUT2D eigenvalue weighted by Crippen LogP contribution is -2.56. The van der Waals surface area contributed by atoms with Crippen molar-refractivity contribution in [1.82, 2.24) is 24.7 Å². The standard InChI is InChI=1S/C23H20F2N6O/c1-12-6-18(14-8-29-30(10-14)23(24)25)26-9-16(12)21-20(13-2-3-13)22(32)31(21)15-4-5-17-19(7-15)28-11-27-17/h4-11,13,20-21,23H,2-3H2,1H3,(H,27,28)/t20-,21+/m1/s1. The van der Waals surface area contributed by atoms with Crippen LogP contribution in [0.5, 0.6) is 0 Å². The van der Waals surface area contributed by atoms with Gasteiger partial charge in [-0.2, -0.15) is 13.9 Å². The van der Waals surface area contributed by atoms with E-state index in [-0.39, 0.29) is 17.9 Å². The Morgan fingerprint density at radius 3 is 2.72 bits per heavy atom. The van der Waals surface area contributed by atoms with Crippen LogP contribution in [0.3, 0.4) is 0 Å². The normalized spacial score (nSPS) is 20.9. The van der Waals surface area contributed by atoms with Crippen molar-refractivity contribution in [3.63, 3.8) is 0 Å². The van der Waals surface area contributed by atoms with Crippen LogP contribution in [0, 0.1) is 18.8 Å². The molecule has 1 aromatic carbocycles. The zero-order valence-electron chi connectivity index (χ0n) is 17.2. The van der Waals surface area contributed by atoms with Gasteiger partial charge in [0.1, 0.15) is 0 Å². The number of amides is 1. The molecule has 3 aromatic heterocycles. The van der Waals surface area contributed by atoms with Crippen molar-refractivity contribution in [3.8, 4) is 11.3 Å². The van der Waals surface area contributed by atoms with E-state index >= 15 is 0 Å². The molecule has 0 radical (unpaired) electrons. The zero-order valence-corrected chi connectivity index (χ0v) is 17.2. The highest BCUT2D eigenvalue weighted by Crippen LogP contribution is 2.54. The Morgan fingerprint density at radius 1 is 1.16 bits per heavy atom. The molecule has 2 atom stereocenters. The minimum atomic E-state index is -2.69. The summed E-state index contributed by atoms with van der Waals surface area (Å²) in [7, 11) is 0. The molecule has 2 fully saturated rings. The van der Waals surface area contributed by atoms with E-state index in [1.54, 1.807) is 12.5 Å². The van der Waals surface area contributed by atoms with Gasteiger partial charge in [-0.3, -0.25) is 9.78 Å². The first-order valence-electron chi connectivity index (χ1n) is 10.6. The molecule has 0 unspecified atom stereocenters. The Balaban J connectivity index is 1.37. The average Bonchev–Trinajstić information content (AvgIpc) is 3.26. The van der Waals surface area contributed by atoms with Crippen LogP contribution >= 0.6 is 0 Å². The van der Waals surface area contributed by atoms with Crippen molar-refractivity contribution >= 4 is 22.6 Å². The average molecular weight is 434 g/mol. The van der Waals surface area contributed by atoms with Gasteiger partial charge in [0, 0.05) is 23.6 Å². The fraction of sp³-hybridized carbons (Fsp3) is 0.304. The van der Waals surface area contributed by atoms with E-state index in [9.17, 15) is 13.6 Å². The Hall–Kier alpha value is -3.62. The van der Waals surface area contributed by atoms with Crippen LogP contribution in [0.4, 0.5) is 14.5 Å². The summed E-state index contributed by atoms with van der Waals surface area (Å²) in [6.45, 7) is -0.718. The first-order chi connectivity index (χ1) is 15.5. The Labute approximate surface area is 182 Å². The molecule has 9 heteroatoms. The van der Waals surface area contributed by atoms with Gasteiger partial charge >= 0.3 is 6.55 Å². The SMILES string of the molecule is Cc1cc(-c2cnn(C(F)F)c2)ncc1[C@H]1[C@@H](C2CC2)C(=O)N1c1ccc2[nH]cnc2c1. The number of imidazole rings is 1. The Morgan fingerprint density at radius 2 is 2.00 bits per heavy atom. The molecule has 6 rings (SSSR count). The van der Waals surface area contributed by atoms with Gasteiger partial charge < -0.3 is 9.88 Å². The minimum Gasteiger partial charge on any atom is -0.345 e. The molecule has 1 saturated carbocycles. The first kappa shape index (κ1) is 19.1. The molecule has 1 aliphatic heterocycles. The Bertz CT molecular complexity index is 1340. The summed E-state index contributed by atoms with van der Waals surface area (Å²) < 4.78 is 26.4. The summed E-state index contributed by atoms with van der Waals surface area (Å²) in [6.07, 6.45) is 8.22. The molecule has 0 bridgehead atoms. The number of β-lactam (4-membered cyclic amide) rings is 1. The number of fused-ring (bicyclic) bond motifs is 1. The summed E-state index contributed by atoms with van der Waals surface area (Å²) >= 11 is 0. The van der Waals surface area contributed by atoms with Crippen LogP contribution in [-0.2, 0) is 4.79 Å². The number of aryl methyl sites for hydroxylation is 1. The fourth-order valence-electron chi connectivity index (χ4n) is 4.73. The van der Waals surface area contributed by atoms with Crippen LogP contribution in [0.25, 0.3) is 22.3 Å². The van der Waals surface area contributed by atoms with Gasteiger partial charge in [-0.1, -0.05) is 0 Å². The van der Waals surface area contributed by atoms with Gasteiger partial charge in [0.15, 0.2) is 0 Å². The quantitative estimate of drug-likeness (QED) is 0.464. The predicted octanol–water partition coefficient (Wildman–Crippen LogP) is 4.64. The number of carbonyl (C=O) groups is 1. The van der Waals surface area contributed by atoms with Gasteiger partial charge in [-0.05, 0) is 61.1 Å². The third kappa shape index (κ3) is 2.91. The highest BCUT2D eigenvalue weighted by Gasteiger charge is 2.55. The number of H-pyrrole nitrogens is 1. The van der Waals surface area contributed by atoms with Crippen LogP contribution in [0.15, 0.2) is 49.2 Å². The molecule has 0 spiro atoms. The fourth-order valence-corrected chi connectivity index (χ4v) is 4.73. The van der Waals surface area contributed by atoms with Crippen molar-refractivity contribution in [1.29, 1.82) is 0 Å². The maximum absolute atomic E-state index is 13.2. The number of carbonyl (C=O) groups excluding carboxylic acids is 1. The molecule has 2 aliphatic rings. The van der Waals surface area contributed by atoms with Crippen LogP contribution < -0.4 is 4.90 Å². The number of nitrogens with zero attached hydrogens (tertiary/aromatic N) is 5. The van der Waals surface area contributed by atoms with E-state index in [1.807, 2.05) is 36.1 Å². The van der Waals surface area contributed by atoms with E-state index in [2.05, 4.69) is 20.1 Å². The monoisotopic (exact) mass is 434 g/mol. The van der Waals surface area contributed by atoms with Crippen molar-refractivity contribution < 1.29 is 13.6 Å². The van der Waals surface area contributed by atoms with Gasteiger partial charge in [0.2, 0.25) is 5.91 Å². The van der Waals surface area contributed by atoms with Crippen molar-refractivity contribution in [2.75, 3.05) is 4.90 Å². The third-order valence-corrected chi connectivity index (χ3v) is 6.52. The first-order valence-corrected chi connectivity index (χ1v) is 10.6. The van der Waals surface area contributed by atoms with Crippen molar-refractivity contribution in [2.45, 2.75) is 32.4 Å². The maximum atomic E-state index is 13.2. The van der Waals surface area contributed by atoms with Gasteiger partial charge in [0.05, 0.1) is 41.2 Å². The minimum absolute atomic E-state index is 0.0576. The van der Waals surface area contributed by atoms with E-state index in [0.29, 0.717) is 21.9 Å². The number of aromatic amines is 1. The molecule has 7 nitrogen and oxygen atoms in total. The number of alkyl halides is 2. The molecule has 1 saturated heterocycles. The summed E-state index contributed by atoms with van der Waals surface area (Å²) in [5, 5.41) is 3.70. The smallest absolute Gasteiger partial charge is 0.333 e. The largest absolute Gasteiger partial charge is 0.345 e. The molecular formula is C23H20F2N6O. The highest BCUT2D eigenvalue weighted by atomic mass is 19.3. The number of pyridine rings is 1. The molecule has 32 heavy (non-hydrogen) atoms. The highest BCUT2D eigenvalue weighted by molar-refractivity contribution is 6.04. The van der Waals surface area contributed by atoms with E-state index in [1.165, 1.54) is 12.4 Å². The number of hydrogen-bond acceptors (Lipinski definition) is 4. The number of rotatable bonds is 5. The van der Waals surface area contributed by atoms with Gasteiger partial charge in [-0.25, -0.2) is 9.67 Å². The topological polar surface area (TPSA) is 79.7 Å². The van der Waals surface area contributed by atoms with Crippen molar-refractivity contribution in [3.05, 3.63) is 60.3 Å². The zero-order chi connectivity index (χ0) is 22.0. The second-order valence-corrected chi connectivity index (χ2v) is 8.53. The lowest BCUT2D eigenvalue weighted by Gasteiger charge is -2.48. The van der Waals surface area contributed by atoms with Gasteiger partial charge in [-0.15, -0.1) is 0 Å². The molecular weight excluding hydrogens is 414 g/mol. The number of halogens is 2. The number of benzene rings is 1. The lowest BCUT2D eigenvalue weighted by molar-refractivity contribution is -0.131. The Kier molecular flexibility index (Phi) is 4.14. The van der Waals surface area contributed by atoms with Crippen LogP contribution in [0.1, 0.15) is 36.6 Å². The summed E-state index contributed by atoms with van der Waals surface area (Å²) in [4.78, 5) is 26.9. The number of aromatic nitrogens is 5. The molecule has 4 aromatic rings. The summed E-state index contributed by atoms with van der Waals surface area (Å²) in [6, 6.07) is 7.57.